The van der Waals surface area contributed by atoms with Crippen LogP contribution in [0.2, 0.25) is 0 Å². The standard InChI is InChI=1S/C21H21F3N6OS/c1-5-13-6-7-17(32-13)15-8-18(21(22,23)24)30-19(26-15)9-16(28-30)20(31)25-10-14-11(2)27-29(4)12(14)3/h6-9H,5,10H2,1-4H3,(H,25,31). The van der Waals surface area contributed by atoms with Gasteiger partial charge in [0.05, 0.1) is 16.3 Å². The fraction of sp³-hybridized carbons (Fsp3) is 0.333. The second kappa shape index (κ2) is 8.05. The molecule has 0 radical (unpaired) electrons. The Labute approximate surface area is 185 Å². The number of nitrogens with zero attached hydrogens (tertiary/aromatic N) is 5. The zero-order valence-corrected chi connectivity index (χ0v) is 18.7. The largest absolute Gasteiger partial charge is 0.433 e. The zero-order valence-electron chi connectivity index (χ0n) is 17.9. The molecule has 4 rings (SSSR count). The highest BCUT2D eigenvalue weighted by molar-refractivity contribution is 7.15. The molecule has 4 aromatic rings. The lowest BCUT2D eigenvalue weighted by molar-refractivity contribution is -0.142. The minimum Gasteiger partial charge on any atom is -0.346 e. The number of rotatable bonds is 5. The van der Waals surface area contributed by atoms with Crippen LogP contribution < -0.4 is 5.32 Å². The van der Waals surface area contributed by atoms with Crippen molar-refractivity contribution in [3.8, 4) is 10.6 Å². The quantitative estimate of drug-likeness (QED) is 0.479. The van der Waals surface area contributed by atoms with E-state index in [4.69, 9.17) is 0 Å². The Bertz CT molecular complexity index is 1320. The summed E-state index contributed by atoms with van der Waals surface area (Å²) in [5, 5.41) is 10.9. The summed E-state index contributed by atoms with van der Waals surface area (Å²) in [7, 11) is 1.80. The maximum atomic E-state index is 13.8. The van der Waals surface area contributed by atoms with Crippen LogP contribution in [-0.4, -0.2) is 30.3 Å². The van der Waals surface area contributed by atoms with Gasteiger partial charge in [0.15, 0.2) is 17.0 Å². The Hall–Kier alpha value is -3.21. The zero-order chi connectivity index (χ0) is 23.2. The fourth-order valence-corrected chi connectivity index (χ4v) is 4.36. The van der Waals surface area contributed by atoms with Gasteiger partial charge in [-0.25, -0.2) is 9.50 Å². The van der Waals surface area contributed by atoms with Crippen LogP contribution >= 0.6 is 11.3 Å². The molecule has 0 unspecified atom stereocenters. The molecule has 0 bridgehead atoms. The predicted molar refractivity (Wildman–Crippen MR) is 115 cm³/mol. The van der Waals surface area contributed by atoms with Gasteiger partial charge in [0, 0.05) is 35.8 Å². The van der Waals surface area contributed by atoms with E-state index in [2.05, 4.69) is 20.5 Å². The molecule has 11 heteroatoms. The van der Waals surface area contributed by atoms with E-state index in [-0.39, 0.29) is 23.6 Å². The number of fused-ring (bicyclic) bond motifs is 1. The van der Waals surface area contributed by atoms with Gasteiger partial charge in [-0.1, -0.05) is 6.92 Å². The number of hydrogen-bond acceptors (Lipinski definition) is 5. The molecule has 0 saturated heterocycles. The van der Waals surface area contributed by atoms with Gasteiger partial charge in [0.1, 0.15) is 0 Å². The summed E-state index contributed by atoms with van der Waals surface area (Å²) in [4.78, 5) is 18.7. The summed E-state index contributed by atoms with van der Waals surface area (Å²) in [6.45, 7) is 5.87. The molecule has 4 heterocycles. The van der Waals surface area contributed by atoms with E-state index in [0.717, 1.165) is 34.3 Å². The van der Waals surface area contributed by atoms with E-state index in [9.17, 15) is 18.0 Å². The molecule has 7 nitrogen and oxygen atoms in total. The molecule has 0 saturated carbocycles. The first kappa shape index (κ1) is 22.0. The molecule has 0 atom stereocenters. The van der Waals surface area contributed by atoms with Gasteiger partial charge < -0.3 is 5.32 Å². The molecule has 0 aliphatic carbocycles. The number of thiophene rings is 1. The molecule has 168 valence electrons. The van der Waals surface area contributed by atoms with Crippen LogP contribution in [0.5, 0.6) is 0 Å². The highest BCUT2D eigenvalue weighted by atomic mass is 32.1. The molecule has 0 fully saturated rings. The van der Waals surface area contributed by atoms with Crippen molar-refractivity contribution in [2.45, 2.75) is 39.9 Å². The van der Waals surface area contributed by atoms with Gasteiger partial charge >= 0.3 is 6.18 Å². The maximum absolute atomic E-state index is 13.8. The first-order chi connectivity index (χ1) is 15.1. The minimum atomic E-state index is -4.66. The Balaban J connectivity index is 1.69. The van der Waals surface area contributed by atoms with Crippen molar-refractivity contribution in [3.63, 3.8) is 0 Å². The predicted octanol–water partition coefficient (Wildman–Crippen LogP) is 4.32. The highest BCUT2D eigenvalue weighted by Gasteiger charge is 2.35. The van der Waals surface area contributed by atoms with Gasteiger partial charge in [0.25, 0.3) is 5.91 Å². The Morgan fingerprint density at radius 1 is 1.19 bits per heavy atom. The summed E-state index contributed by atoms with van der Waals surface area (Å²) in [5.74, 6) is -0.586. The molecule has 0 aliphatic heterocycles. The lowest BCUT2D eigenvalue weighted by Crippen LogP contribution is -2.24. The third-order valence-electron chi connectivity index (χ3n) is 5.30. The van der Waals surface area contributed by atoms with Crippen LogP contribution in [0.4, 0.5) is 13.2 Å². The van der Waals surface area contributed by atoms with Gasteiger partial charge in [-0.05, 0) is 38.5 Å². The first-order valence-corrected chi connectivity index (χ1v) is 10.7. The van der Waals surface area contributed by atoms with Crippen molar-refractivity contribution in [1.29, 1.82) is 0 Å². The number of amides is 1. The van der Waals surface area contributed by atoms with E-state index in [1.807, 2.05) is 26.8 Å². The third kappa shape index (κ3) is 3.99. The number of aryl methyl sites for hydroxylation is 3. The van der Waals surface area contributed by atoms with Crippen LogP contribution in [-0.2, 0) is 26.2 Å². The topological polar surface area (TPSA) is 77.1 Å². The molecule has 4 aromatic heterocycles. The molecule has 1 N–H and O–H groups in total. The van der Waals surface area contributed by atoms with Crippen molar-refractivity contribution in [2.75, 3.05) is 0 Å². The first-order valence-electron chi connectivity index (χ1n) is 9.92. The number of carbonyl (C=O) groups is 1. The Kier molecular flexibility index (Phi) is 5.53. The summed E-state index contributed by atoms with van der Waals surface area (Å²) in [6.07, 6.45) is -3.88. The number of nitrogens with one attached hydrogen (secondary N) is 1. The monoisotopic (exact) mass is 462 g/mol. The van der Waals surface area contributed by atoms with Gasteiger partial charge in [-0.2, -0.15) is 23.4 Å². The van der Waals surface area contributed by atoms with Crippen molar-refractivity contribution < 1.29 is 18.0 Å². The van der Waals surface area contributed by atoms with E-state index in [0.29, 0.717) is 9.39 Å². The van der Waals surface area contributed by atoms with Gasteiger partial charge in [-0.3, -0.25) is 9.48 Å². The highest BCUT2D eigenvalue weighted by Crippen LogP contribution is 2.34. The van der Waals surface area contributed by atoms with Crippen molar-refractivity contribution in [3.05, 3.63) is 57.5 Å². The fourth-order valence-electron chi connectivity index (χ4n) is 3.45. The number of hydrogen-bond donors (Lipinski definition) is 1. The lowest BCUT2D eigenvalue weighted by atomic mass is 10.2. The molecular formula is C21H21F3N6OS. The van der Waals surface area contributed by atoms with E-state index in [1.165, 1.54) is 17.4 Å². The van der Waals surface area contributed by atoms with E-state index in [1.54, 1.807) is 17.8 Å². The number of halogens is 3. The summed E-state index contributed by atoms with van der Waals surface area (Å²) < 4.78 is 43.7. The third-order valence-corrected chi connectivity index (χ3v) is 6.55. The second-order valence-electron chi connectivity index (χ2n) is 7.40. The van der Waals surface area contributed by atoms with E-state index >= 15 is 0 Å². The van der Waals surface area contributed by atoms with Gasteiger partial charge in [0.2, 0.25) is 0 Å². The second-order valence-corrected chi connectivity index (χ2v) is 8.57. The Morgan fingerprint density at radius 3 is 2.53 bits per heavy atom. The maximum Gasteiger partial charge on any atom is 0.433 e. The lowest BCUT2D eigenvalue weighted by Gasteiger charge is -2.10. The molecule has 0 spiro atoms. The summed E-state index contributed by atoms with van der Waals surface area (Å²) in [6, 6.07) is 5.86. The molecule has 0 aliphatic rings. The van der Waals surface area contributed by atoms with Crippen LogP contribution in [0.1, 0.15) is 44.9 Å². The Morgan fingerprint density at radius 2 is 1.94 bits per heavy atom. The normalized spacial score (nSPS) is 12.0. The number of aromatic nitrogens is 5. The van der Waals surface area contributed by atoms with Crippen molar-refractivity contribution in [2.24, 2.45) is 7.05 Å². The van der Waals surface area contributed by atoms with Gasteiger partial charge in [-0.15, -0.1) is 11.3 Å². The summed E-state index contributed by atoms with van der Waals surface area (Å²) >= 11 is 1.39. The van der Waals surface area contributed by atoms with Crippen LogP contribution in [0.15, 0.2) is 24.3 Å². The molecule has 1 amide bonds. The number of carbonyl (C=O) groups excluding carboxylic acids is 1. The summed E-state index contributed by atoms with van der Waals surface area (Å²) in [5.41, 5.74) is 1.55. The minimum absolute atomic E-state index is 0.0415. The molecular weight excluding hydrogens is 441 g/mol. The van der Waals surface area contributed by atoms with E-state index < -0.39 is 17.8 Å². The number of alkyl halides is 3. The molecule has 32 heavy (non-hydrogen) atoms. The van der Waals surface area contributed by atoms with Crippen LogP contribution in [0, 0.1) is 13.8 Å². The molecule has 0 aromatic carbocycles. The smallest absolute Gasteiger partial charge is 0.346 e. The average molecular weight is 463 g/mol. The van der Waals surface area contributed by atoms with Crippen LogP contribution in [0.25, 0.3) is 16.2 Å². The van der Waals surface area contributed by atoms with Crippen molar-refractivity contribution in [1.82, 2.24) is 29.7 Å². The van der Waals surface area contributed by atoms with Crippen molar-refractivity contribution >= 4 is 22.9 Å². The van der Waals surface area contributed by atoms with Crippen LogP contribution in [0.3, 0.4) is 0 Å². The average Bonchev–Trinajstić information content (AvgIpc) is 3.43. The SMILES string of the molecule is CCc1ccc(-c2cc(C(F)(F)F)n3nc(C(=O)NCc4c(C)nn(C)c4C)cc3n2)s1.